The maximum Gasteiger partial charge on any atom is 0.265 e. The van der Waals surface area contributed by atoms with Gasteiger partial charge in [0.1, 0.15) is 10.7 Å². The average molecular weight is 272 g/mol. The van der Waals surface area contributed by atoms with E-state index in [1.54, 1.807) is 17.9 Å². The predicted octanol–water partition coefficient (Wildman–Crippen LogP) is 2.99. The second kappa shape index (κ2) is 5.19. The molecule has 0 N–H and O–H groups in total. The molecule has 0 saturated carbocycles. The molecule has 0 bridgehead atoms. The highest BCUT2D eigenvalue weighted by Crippen LogP contribution is 2.28. The first-order valence-electron chi connectivity index (χ1n) is 5.63. The molecule has 1 atom stereocenters. The SMILES string of the molecule is CC(=O)CC1CCCN1C(=O)c1sccc1Cl. The number of rotatable bonds is 3. The van der Waals surface area contributed by atoms with Gasteiger partial charge < -0.3 is 4.90 Å². The van der Waals surface area contributed by atoms with Gasteiger partial charge in [-0.15, -0.1) is 11.3 Å². The summed E-state index contributed by atoms with van der Waals surface area (Å²) in [5.41, 5.74) is 0. The number of likely N-dealkylation sites (tertiary alicyclic amines) is 1. The van der Waals surface area contributed by atoms with E-state index in [2.05, 4.69) is 0 Å². The third-order valence-electron chi connectivity index (χ3n) is 2.97. The molecule has 0 radical (unpaired) electrons. The molecule has 92 valence electrons. The van der Waals surface area contributed by atoms with E-state index in [9.17, 15) is 9.59 Å². The monoisotopic (exact) mass is 271 g/mol. The van der Waals surface area contributed by atoms with Crippen LogP contribution in [0.5, 0.6) is 0 Å². The number of nitrogens with zero attached hydrogens (tertiary/aromatic N) is 1. The first-order chi connectivity index (χ1) is 8.09. The number of carbonyl (C=O) groups excluding carboxylic acids is 2. The van der Waals surface area contributed by atoms with Gasteiger partial charge in [0.05, 0.1) is 5.02 Å². The lowest BCUT2D eigenvalue weighted by atomic mass is 10.1. The van der Waals surface area contributed by atoms with Crippen molar-refractivity contribution in [1.82, 2.24) is 4.90 Å². The number of hydrogen-bond donors (Lipinski definition) is 0. The number of Topliss-reactive ketones (excluding diaryl/α,β-unsaturated/α-hetero) is 1. The zero-order valence-corrected chi connectivity index (χ0v) is 11.2. The molecule has 1 fully saturated rings. The molecule has 0 aliphatic carbocycles. The van der Waals surface area contributed by atoms with Crippen molar-refractivity contribution in [2.45, 2.75) is 32.2 Å². The molecule has 17 heavy (non-hydrogen) atoms. The molecular weight excluding hydrogens is 258 g/mol. The number of amides is 1. The molecule has 1 aliphatic rings. The van der Waals surface area contributed by atoms with Crippen LogP contribution in [0.3, 0.4) is 0 Å². The topological polar surface area (TPSA) is 37.4 Å². The Kier molecular flexibility index (Phi) is 3.84. The van der Waals surface area contributed by atoms with E-state index in [0.717, 1.165) is 19.4 Å². The lowest BCUT2D eigenvalue weighted by Crippen LogP contribution is -2.36. The van der Waals surface area contributed by atoms with Gasteiger partial charge in [-0.1, -0.05) is 11.6 Å². The molecule has 0 aromatic carbocycles. The van der Waals surface area contributed by atoms with E-state index in [1.165, 1.54) is 11.3 Å². The van der Waals surface area contributed by atoms with E-state index in [4.69, 9.17) is 11.6 Å². The third-order valence-corrected chi connectivity index (χ3v) is 4.30. The summed E-state index contributed by atoms with van der Waals surface area (Å²) in [5, 5.41) is 2.32. The number of ketones is 1. The molecule has 1 aliphatic heterocycles. The molecule has 0 spiro atoms. The average Bonchev–Trinajstić information content (AvgIpc) is 2.85. The molecule has 1 unspecified atom stereocenters. The molecule has 5 heteroatoms. The lowest BCUT2D eigenvalue weighted by Gasteiger charge is -2.23. The fraction of sp³-hybridized carbons (Fsp3) is 0.500. The molecule has 2 heterocycles. The number of hydrogen-bond acceptors (Lipinski definition) is 3. The summed E-state index contributed by atoms with van der Waals surface area (Å²) in [7, 11) is 0. The molecule has 1 amide bonds. The van der Waals surface area contributed by atoms with Gasteiger partial charge in [0, 0.05) is 19.0 Å². The van der Waals surface area contributed by atoms with Crippen molar-refractivity contribution in [1.29, 1.82) is 0 Å². The Morgan fingerprint density at radius 1 is 1.59 bits per heavy atom. The molecule has 1 aromatic rings. The predicted molar refractivity (Wildman–Crippen MR) is 68.7 cm³/mol. The lowest BCUT2D eigenvalue weighted by molar-refractivity contribution is -0.117. The van der Waals surface area contributed by atoms with E-state index in [1.807, 2.05) is 5.38 Å². The van der Waals surface area contributed by atoms with Crippen LogP contribution in [0.15, 0.2) is 11.4 Å². The zero-order valence-electron chi connectivity index (χ0n) is 9.61. The summed E-state index contributed by atoms with van der Waals surface area (Å²) in [6.45, 7) is 2.30. The summed E-state index contributed by atoms with van der Waals surface area (Å²) in [4.78, 5) is 25.8. The zero-order chi connectivity index (χ0) is 12.4. The van der Waals surface area contributed by atoms with Gasteiger partial charge in [-0.25, -0.2) is 0 Å². The van der Waals surface area contributed by atoms with E-state index >= 15 is 0 Å². The second-order valence-corrected chi connectivity index (χ2v) is 5.62. The standard InChI is InChI=1S/C12H14ClNO2S/c1-8(15)7-9-3-2-5-14(9)12(16)11-10(13)4-6-17-11/h4,6,9H,2-3,5,7H2,1H3. The van der Waals surface area contributed by atoms with Crippen molar-refractivity contribution in [2.75, 3.05) is 6.54 Å². The molecule has 3 nitrogen and oxygen atoms in total. The highest BCUT2D eigenvalue weighted by Gasteiger charge is 2.31. The van der Waals surface area contributed by atoms with Crippen molar-refractivity contribution in [2.24, 2.45) is 0 Å². The second-order valence-electron chi connectivity index (χ2n) is 4.30. The minimum absolute atomic E-state index is 0.0336. The van der Waals surface area contributed by atoms with Crippen LogP contribution in [0.4, 0.5) is 0 Å². The van der Waals surface area contributed by atoms with Crippen molar-refractivity contribution >= 4 is 34.6 Å². The van der Waals surface area contributed by atoms with Gasteiger partial charge >= 0.3 is 0 Å². The first kappa shape index (κ1) is 12.6. The quantitative estimate of drug-likeness (QED) is 0.848. The maximum atomic E-state index is 12.3. The van der Waals surface area contributed by atoms with Crippen LogP contribution in [-0.4, -0.2) is 29.2 Å². The summed E-state index contributed by atoms with van der Waals surface area (Å²) < 4.78 is 0. The smallest absolute Gasteiger partial charge is 0.265 e. The first-order valence-corrected chi connectivity index (χ1v) is 6.88. The summed E-state index contributed by atoms with van der Waals surface area (Å²) >= 11 is 7.32. The molecular formula is C12H14ClNO2S. The Hall–Kier alpha value is -0.870. The summed E-state index contributed by atoms with van der Waals surface area (Å²) in [5.74, 6) is 0.0979. The van der Waals surface area contributed by atoms with Crippen LogP contribution < -0.4 is 0 Å². The Morgan fingerprint density at radius 2 is 2.35 bits per heavy atom. The number of thiophene rings is 1. The van der Waals surface area contributed by atoms with Crippen LogP contribution in [0.25, 0.3) is 0 Å². The van der Waals surface area contributed by atoms with Crippen LogP contribution in [-0.2, 0) is 4.79 Å². The van der Waals surface area contributed by atoms with E-state index in [0.29, 0.717) is 16.3 Å². The van der Waals surface area contributed by atoms with E-state index < -0.39 is 0 Å². The van der Waals surface area contributed by atoms with Gasteiger partial charge in [-0.3, -0.25) is 9.59 Å². The molecule has 2 rings (SSSR count). The number of halogens is 1. The van der Waals surface area contributed by atoms with Crippen molar-refractivity contribution < 1.29 is 9.59 Å². The van der Waals surface area contributed by atoms with Gasteiger partial charge in [-0.05, 0) is 31.2 Å². The van der Waals surface area contributed by atoms with Gasteiger partial charge in [0.2, 0.25) is 0 Å². The van der Waals surface area contributed by atoms with Crippen molar-refractivity contribution in [3.8, 4) is 0 Å². The Morgan fingerprint density at radius 3 is 2.94 bits per heavy atom. The Labute approximate surface area is 109 Å². The van der Waals surface area contributed by atoms with Crippen molar-refractivity contribution in [3.63, 3.8) is 0 Å². The summed E-state index contributed by atoms with van der Waals surface area (Å²) in [6, 6.07) is 1.79. The van der Waals surface area contributed by atoms with Gasteiger partial charge in [0.15, 0.2) is 0 Å². The van der Waals surface area contributed by atoms with Crippen molar-refractivity contribution in [3.05, 3.63) is 21.3 Å². The minimum Gasteiger partial charge on any atom is -0.334 e. The molecule has 1 aromatic heterocycles. The Balaban J connectivity index is 2.14. The fourth-order valence-corrected chi connectivity index (χ4v) is 3.31. The van der Waals surface area contributed by atoms with Gasteiger partial charge in [0.25, 0.3) is 5.91 Å². The fourth-order valence-electron chi connectivity index (χ4n) is 2.22. The van der Waals surface area contributed by atoms with Gasteiger partial charge in [-0.2, -0.15) is 0 Å². The third kappa shape index (κ3) is 2.69. The van der Waals surface area contributed by atoms with Crippen LogP contribution >= 0.6 is 22.9 Å². The van der Waals surface area contributed by atoms with Crippen LogP contribution in [0, 0.1) is 0 Å². The number of carbonyl (C=O) groups is 2. The molecule has 1 saturated heterocycles. The van der Waals surface area contributed by atoms with Crippen LogP contribution in [0.1, 0.15) is 35.9 Å². The maximum absolute atomic E-state index is 12.3. The Bertz CT molecular complexity index is 443. The summed E-state index contributed by atoms with van der Waals surface area (Å²) in [6.07, 6.45) is 2.33. The largest absolute Gasteiger partial charge is 0.334 e. The highest BCUT2D eigenvalue weighted by atomic mass is 35.5. The van der Waals surface area contributed by atoms with E-state index in [-0.39, 0.29) is 17.7 Å². The normalized spacial score (nSPS) is 19.6. The highest BCUT2D eigenvalue weighted by molar-refractivity contribution is 7.12. The minimum atomic E-state index is -0.0336. The van der Waals surface area contributed by atoms with Crippen LogP contribution in [0.2, 0.25) is 5.02 Å².